The number of amides is 1. The first-order chi connectivity index (χ1) is 9.94. The molecule has 3 heterocycles. The molecule has 6 heteroatoms. The Labute approximate surface area is 125 Å². The van der Waals surface area contributed by atoms with E-state index >= 15 is 0 Å². The maximum Gasteiger partial charge on any atom is 0.241 e. The van der Waals surface area contributed by atoms with Crippen molar-refractivity contribution in [2.75, 3.05) is 49.6 Å². The molecule has 1 aromatic rings. The topological polar surface area (TPSA) is 52.6 Å². The predicted molar refractivity (Wildman–Crippen MR) is 82.5 cm³/mol. The smallest absolute Gasteiger partial charge is 0.241 e. The zero-order valence-electron chi connectivity index (χ0n) is 13.0. The standard InChI is InChI=1S/C15H23N5O/c1-15(2)4-5-20(10-15)13-8-12(16-11-17-13)19-7-6-18(3)14(21)9-19/h8,11H,4-7,9-10H2,1-3H3. The van der Waals surface area contributed by atoms with Gasteiger partial charge in [0.05, 0.1) is 6.54 Å². The van der Waals surface area contributed by atoms with Crippen molar-refractivity contribution in [2.45, 2.75) is 20.3 Å². The second-order valence-corrected chi connectivity index (χ2v) is 6.81. The Bertz CT molecular complexity index is 545. The Morgan fingerprint density at radius 3 is 2.43 bits per heavy atom. The fraction of sp³-hybridized carbons (Fsp3) is 0.667. The summed E-state index contributed by atoms with van der Waals surface area (Å²) in [5, 5.41) is 0. The maximum absolute atomic E-state index is 11.8. The third-order valence-corrected chi connectivity index (χ3v) is 4.42. The van der Waals surface area contributed by atoms with E-state index in [-0.39, 0.29) is 5.91 Å². The number of carbonyl (C=O) groups excluding carboxylic acids is 1. The number of likely N-dealkylation sites (N-methyl/N-ethyl adjacent to an activating group) is 1. The van der Waals surface area contributed by atoms with Gasteiger partial charge in [-0.25, -0.2) is 9.97 Å². The average Bonchev–Trinajstić information content (AvgIpc) is 2.82. The van der Waals surface area contributed by atoms with Crippen LogP contribution in [0.5, 0.6) is 0 Å². The normalized spacial score (nSPS) is 22.0. The molecule has 21 heavy (non-hydrogen) atoms. The van der Waals surface area contributed by atoms with Gasteiger partial charge in [-0.1, -0.05) is 13.8 Å². The summed E-state index contributed by atoms with van der Waals surface area (Å²) in [6, 6.07) is 2.01. The van der Waals surface area contributed by atoms with Crippen LogP contribution in [0.15, 0.2) is 12.4 Å². The highest BCUT2D eigenvalue weighted by Gasteiger charge is 2.30. The molecular weight excluding hydrogens is 266 g/mol. The summed E-state index contributed by atoms with van der Waals surface area (Å²) in [5.41, 5.74) is 0.342. The van der Waals surface area contributed by atoms with E-state index in [1.54, 1.807) is 11.2 Å². The second-order valence-electron chi connectivity index (χ2n) is 6.81. The first-order valence-electron chi connectivity index (χ1n) is 7.50. The Kier molecular flexibility index (Phi) is 3.47. The number of anilines is 2. The van der Waals surface area contributed by atoms with E-state index in [4.69, 9.17) is 0 Å². The van der Waals surface area contributed by atoms with Crippen LogP contribution in [0.3, 0.4) is 0 Å². The molecule has 1 amide bonds. The minimum absolute atomic E-state index is 0.142. The van der Waals surface area contributed by atoms with E-state index in [1.807, 2.05) is 18.0 Å². The van der Waals surface area contributed by atoms with Gasteiger partial charge in [0, 0.05) is 39.3 Å². The number of piperazine rings is 1. The highest BCUT2D eigenvalue weighted by atomic mass is 16.2. The monoisotopic (exact) mass is 289 g/mol. The first kappa shape index (κ1) is 14.1. The predicted octanol–water partition coefficient (Wildman–Crippen LogP) is 0.991. The zero-order valence-corrected chi connectivity index (χ0v) is 13.0. The Morgan fingerprint density at radius 1 is 1.10 bits per heavy atom. The minimum atomic E-state index is 0.142. The second kappa shape index (κ2) is 5.16. The van der Waals surface area contributed by atoms with Crippen molar-refractivity contribution in [3.05, 3.63) is 12.4 Å². The summed E-state index contributed by atoms with van der Waals surface area (Å²) in [5.74, 6) is 1.96. The summed E-state index contributed by atoms with van der Waals surface area (Å²) in [6.45, 7) is 8.59. The molecule has 0 spiro atoms. The third-order valence-electron chi connectivity index (χ3n) is 4.42. The van der Waals surface area contributed by atoms with Crippen LogP contribution in [0.25, 0.3) is 0 Å². The SMILES string of the molecule is CN1CCN(c2cc(N3CCC(C)(C)C3)ncn2)CC1=O. The van der Waals surface area contributed by atoms with Gasteiger partial charge in [0.1, 0.15) is 18.0 Å². The van der Waals surface area contributed by atoms with Crippen LogP contribution in [0, 0.1) is 5.41 Å². The van der Waals surface area contributed by atoms with Crippen molar-refractivity contribution in [1.29, 1.82) is 0 Å². The largest absolute Gasteiger partial charge is 0.356 e. The summed E-state index contributed by atoms with van der Waals surface area (Å²) >= 11 is 0. The molecule has 3 rings (SSSR count). The lowest BCUT2D eigenvalue weighted by atomic mass is 9.93. The highest BCUT2D eigenvalue weighted by Crippen LogP contribution is 2.32. The molecule has 0 saturated carbocycles. The Hall–Kier alpha value is -1.85. The third kappa shape index (κ3) is 2.94. The van der Waals surface area contributed by atoms with Gasteiger partial charge in [0.25, 0.3) is 0 Å². The Morgan fingerprint density at radius 2 is 1.81 bits per heavy atom. The van der Waals surface area contributed by atoms with Gasteiger partial charge in [-0.2, -0.15) is 0 Å². The molecule has 0 aliphatic carbocycles. The van der Waals surface area contributed by atoms with Crippen LogP contribution >= 0.6 is 0 Å². The average molecular weight is 289 g/mol. The summed E-state index contributed by atoms with van der Waals surface area (Å²) in [4.78, 5) is 26.7. The van der Waals surface area contributed by atoms with Crippen LogP contribution in [-0.4, -0.2) is 60.5 Å². The molecule has 114 valence electrons. The molecular formula is C15H23N5O. The molecule has 0 N–H and O–H groups in total. The fourth-order valence-corrected chi connectivity index (χ4v) is 2.95. The Balaban J connectivity index is 1.76. The molecule has 0 radical (unpaired) electrons. The molecule has 2 aliphatic rings. The van der Waals surface area contributed by atoms with Gasteiger partial charge in [0.15, 0.2) is 0 Å². The number of aromatic nitrogens is 2. The van der Waals surface area contributed by atoms with Crippen molar-refractivity contribution in [3.8, 4) is 0 Å². The lowest BCUT2D eigenvalue weighted by Gasteiger charge is -2.33. The minimum Gasteiger partial charge on any atom is -0.356 e. The lowest BCUT2D eigenvalue weighted by molar-refractivity contribution is -0.129. The molecule has 2 fully saturated rings. The summed E-state index contributed by atoms with van der Waals surface area (Å²) in [6.07, 6.45) is 2.79. The number of carbonyl (C=O) groups is 1. The molecule has 2 saturated heterocycles. The molecule has 1 aromatic heterocycles. The van der Waals surface area contributed by atoms with Crippen LogP contribution in [0.1, 0.15) is 20.3 Å². The van der Waals surface area contributed by atoms with E-state index in [0.717, 1.165) is 37.8 Å². The summed E-state index contributed by atoms with van der Waals surface area (Å²) in [7, 11) is 1.84. The van der Waals surface area contributed by atoms with E-state index in [2.05, 4.69) is 28.7 Å². The van der Waals surface area contributed by atoms with E-state index in [9.17, 15) is 4.79 Å². The van der Waals surface area contributed by atoms with Gasteiger partial charge in [-0.15, -0.1) is 0 Å². The van der Waals surface area contributed by atoms with Gasteiger partial charge in [-0.05, 0) is 11.8 Å². The van der Waals surface area contributed by atoms with Crippen LogP contribution in [-0.2, 0) is 4.79 Å². The molecule has 0 bridgehead atoms. The van der Waals surface area contributed by atoms with E-state index < -0.39 is 0 Å². The van der Waals surface area contributed by atoms with Crippen molar-refractivity contribution in [2.24, 2.45) is 5.41 Å². The van der Waals surface area contributed by atoms with Crippen LogP contribution in [0.2, 0.25) is 0 Å². The van der Waals surface area contributed by atoms with Crippen molar-refractivity contribution < 1.29 is 4.79 Å². The van der Waals surface area contributed by atoms with Crippen molar-refractivity contribution >= 4 is 17.5 Å². The fourth-order valence-electron chi connectivity index (χ4n) is 2.95. The van der Waals surface area contributed by atoms with E-state index in [0.29, 0.717) is 12.0 Å². The summed E-state index contributed by atoms with van der Waals surface area (Å²) < 4.78 is 0. The zero-order chi connectivity index (χ0) is 15.0. The lowest BCUT2D eigenvalue weighted by Crippen LogP contribution is -2.48. The maximum atomic E-state index is 11.8. The number of nitrogens with zero attached hydrogens (tertiary/aromatic N) is 5. The van der Waals surface area contributed by atoms with Gasteiger partial charge in [0.2, 0.25) is 5.91 Å². The number of rotatable bonds is 2. The van der Waals surface area contributed by atoms with Gasteiger partial charge >= 0.3 is 0 Å². The number of hydrogen-bond donors (Lipinski definition) is 0. The van der Waals surface area contributed by atoms with Crippen molar-refractivity contribution in [1.82, 2.24) is 14.9 Å². The molecule has 0 atom stereocenters. The molecule has 2 aliphatic heterocycles. The van der Waals surface area contributed by atoms with Crippen LogP contribution < -0.4 is 9.80 Å². The number of hydrogen-bond acceptors (Lipinski definition) is 5. The van der Waals surface area contributed by atoms with Gasteiger partial charge in [-0.3, -0.25) is 4.79 Å². The molecule has 0 aromatic carbocycles. The van der Waals surface area contributed by atoms with E-state index in [1.165, 1.54) is 6.42 Å². The van der Waals surface area contributed by atoms with Gasteiger partial charge < -0.3 is 14.7 Å². The first-order valence-corrected chi connectivity index (χ1v) is 7.50. The highest BCUT2D eigenvalue weighted by molar-refractivity contribution is 5.82. The molecule has 6 nitrogen and oxygen atoms in total. The van der Waals surface area contributed by atoms with Crippen LogP contribution in [0.4, 0.5) is 11.6 Å². The quantitative estimate of drug-likeness (QED) is 0.813. The van der Waals surface area contributed by atoms with Crippen molar-refractivity contribution in [3.63, 3.8) is 0 Å². The molecule has 0 unspecified atom stereocenters.